The number of aromatic nitrogens is 1. The molecule has 24 heavy (non-hydrogen) atoms. The molecule has 1 saturated heterocycles. The summed E-state index contributed by atoms with van der Waals surface area (Å²) < 4.78 is 39.8. The highest BCUT2D eigenvalue weighted by molar-refractivity contribution is 7.89. The SMILES string of the molecule is O=S(=O)(c1ccc(NCCc2ccccc2F)nc1)N1CCCC1. The van der Waals surface area contributed by atoms with Crippen LogP contribution in [-0.4, -0.2) is 37.3 Å². The predicted molar refractivity (Wildman–Crippen MR) is 90.8 cm³/mol. The third-order valence-corrected chi connectivity index (χ3v) is 5.98. The Balaban J connectivity index is 1.59. The van der Waals surface area contributed by atoms with E-state index in [0.29, 0.717) is 37.4 Å². The molecule has 0 amide bonds. The van der Waals surface area contributed by atoms with Crippen molar-refractivity contribution in [3.63, 3.8) is 0 Å². The van der Waals surface area contributed by atoms with Gasteiger partial charge in [0.25, 0.3) is 0 Å². The fourth-order valence-corrected chi connectivity index (χ4v) is 4.20. The van der Waals surface area contributed by atoms with Gasteiger partial charge in [-0.3, -0.25) is 0 Å². The summed E-state index contributed by atoms with van der Waals surface area (Å²) in [5.41, 5.74) is 0.637. The van der Waals surface area contributed by atoms with Crippen LogP contribution in [0, 0.1) is 5.82 Å². The summed E-state index contributed by atoms with van der Waals surface area (Å²) in [4.78, 5) is 4.37. The van der Waals surface area contributed by atoms with Crippen molar-refractivity contribution in [3.8, 4) is 0 Å². The Morgan fingerprint density at radius 2 is 1.88 bits per heavy atom. The maximum atomic E-state index is 13.5. The van der Waals surface area contributed by atoms with E-state index in [-0.39, 0.29) is 10.7 Å². The molecule has 2 heterocycles. The molecular weight excluding hydrogens is 329 g/mol. The lowest BCUT2D eigenvalue weighted by molar-refractivity contribution is 0.477. The van der Waals surface area contributed by atoms with E-state index in [2.05, 4.69) is 10.3 Å². The van der Waals surface area contributed by atoms with Gasteiger partial charge in [-0.25, -0.2) is 17.8 Å². The van der Waals surface area contributed by atoms with Gasteiger partial charge in [-0.05, 0) is 43.0 Å². The first-order chi connectivity index (χ1) is 11.6. The topological polar surface area (TPSA) is 62.3 Å². The highest BCUT2D eigenvalue weighted by Crippen LogP contribution is 2.20. The molecule has 1 fully saturated rings. The van der Waals surface area contributed by atoms with E-state index in [1.54, 1.807) is 30.3 Å². The lowest BCUT2D eigenvalue weighted by atomic mass is 10.1. The summed E-state index contributed by atoms with van der Waals surface area (Å²) in [6.07, 6.45) is 3.71. The van der Waals surface area contributed by atoms with Crippen LogP contribution in [0.2, 0.25) is 0 Å². The summed E-state index contributed by atoms with van der Waals surface area (Å²) in [5.74, 6) is 0.353. The number of hydrogen-bond acceptors (Lipinski definition) is 4. The minimum absolute atomic E-state index is 0.212. The Labute approximate surface area is 141 Å². The molecule has 0 unspecified atom stereocenters. The Morgan fingerprint density at radius 3 is 2.54 bits per heavy atom. The van der Waals surface area contributed by atoms with Gasteiger partial charge in [-0.1, -0.05) is 18.2 Å². The number of hydrogen-bond donors (Lipinski definition) is 1. The zero-order valence-electron chi connectivity index (χ0n) is 13.3. The van der Waals surface area contributed by atoms with Crippen LogP contribution in [0.25, 0.3) is 0 Å². The van der Waals surface area contributed by atoms with E-state index in [1.165, 1.54) is 16.6 Å². The molecule has 0 aliphatic carbocycles. The Hall–Kier alpha value is -1.99. The van der Waals surface area contributed by atoms with Crippen LogP contribution in [0.4, 0.5) is 10.2 Å². The van der Waals surface area contributed by atoms with Gasteiger partial charge in [0.05, 0.1) is 0 Å². The Kier molecular flexibility index (Phi) is 5.11. The van der Waals surface area contributed by atoms with Gasteiger partial charge in [0, 0.05) is 25.8 Å². The average molecular weight is 349 g/mol. The molecule has 5 nitrogen and oxygen atoms in total. The molecule has 0 atom stereocenters. The minimum Gasteiger partial charge on any atom is -0.370 e. The molecule has 128 valence electrons. The smallest absolute Gasteiger partial charge is 0.244 e. The molecule has 1 aromatic heterocycles. The second kappa shape index (κ2) is 7.27. The standard InChI is InChI=1S/C17H20FN3O2S/c18-16-6-2-1-5-14(16)9-10-19-17-8-7-15(13-20-17)24(22,23)21-11-3-4-12-21/h1-2,5-8,13H,3-4,9-12H2,(H,19,20). The molecule has 1 N–H and O–H groups in total. The molecule has 0 bridgehead atoms. The lowest BCUT2D eigenvalue weighted by Crippen LogP contribution is -2.27. The first-order valence-corrected chi connectivity index (χ1v) is 9.45. The van der Waals surface area contributed by atoms with Crippen molar-refractivity contribution < 1.29 is 12.8 Å². The monoisotopic (exact) mass is 349 g/mol. The highest BCUT2D eigenvalue weighted by Gasteiger charge is 2.27. The quantitative estimate of drug-likeness (QED) is 0.871. The summed E-state index contributed by atoms with van der Waals surface area (Å²) in [7, 11) is -3.43. The van der Waals surface area contributed by atoms with Crippen LogP contribution >= 0.6 is 0 Å². The van der Waals surface area contributed by atoms with Crippen LogP contribution < -0.4 is 5.32 Å². The van der Waals surface area contributed by atoms with Gasteiger partial charge in [0.1, 0.15) is 16.5 Å². The number of sulfonamides is 1. The fourth-order valence-electron chi connectivity index (χ4n) is 2.74. The summed E-state index contributed by atoms with van der Waals surface area (Å²) >= 11 is 0. The van der Waals surface area contributed by atoms with E-state index in [1.807, 2.05) is 0 Å². The summed E-state index contributed by atoms with van der Waals surface area (Å²) in [6, 6.07) is 9.85. The van der Waals surface area contributed by atoms with E-state index >= 15 is 0 Å². The predicted octanol–water partition coefficient (Wildman–Crippen LogP) is 2.66. The first-order valence-electron chi connectivity index (χ1n) is 8.01. The molecule has 3 rings (SSSR count). The molecule has 1 aliphatic rings. The van der Waals surface area contributed by atoms with Crippen molar-refractivity contribution >= 4 is 15.8 Å². The summed E-state index contributed by atoms with van der Waals surface area (Å²) in [6.45, 7) is 1.67. The van der Waals surface area contributed by atoms with Crippen LogP contribution in [0.5, 0.6) is 0 Å². The first kappa shape index (κ1) is 16.9. The lowest BCUT2D eigenvalue weighted by Gasteiger charge is -2.15. The molecule has 0 saturated carbocycles. The molecule has 0 spiro atoms. The largest absolute Gasteiger partial charge is 0.370 e. The normalized spacial score (nSPS) is 15.5. The zero-order valence-corrected chi connectivity index (χ0v) is 14.1. The van der Waals surface area contributed by atoms with Crippen molar-refractivity contribution in [1.29, 1.82) is 0 Å². The van der Waals surface area contributed by atoms with E-state index < -0.39 is 10.0 Å². The van der Waals surface area contributed by atoms with E-state index in [4.69, 9.17) is 0 Å². The summed E-state index contributed by atoms with van der Waals surface area (Å²) in [5, 5.41) is 3.08. The number of benzene rings is 1. The van der Waals surface area contributed by atoms with Gasteiger partial charge >= 0.3 is 0 Å². The van der Waals surface area contributed by atoms with Gasteiger partial charge < -0.3 is 5.32 Å². The third-order valence-electron chi connectivity index (χ3n) is 4.10. The van der Waals surface area contributed by atoms with Crippen molar-refractivity contribution in [1.82, 2.24) is 9.29 Å². The number of halogens is 1. The molecular formula is C17H20FN3O2S. The van der Waals surface area contributed by atoms with Gasteiger partial charge in [-0.15, -0.1) is 0 Å². The van der Waals surface area contributed by atoms with Crippen LogP contribution in [0.15, 0.2) is 47.5 Å². The molecule has 0 radical (unpaired) electrons. The van der Waals surface area contributed by atoms with Gasteiger partial charge in [-0.2, -0.15) is 4.31 Å². The average Bonchev–Trinajstić information content (AvgIpc) is 3.12. The van der Waals surface area contributed by atoms with Crippen molar-refractivity contribution in [2.45, 2.75) is 24.2 Å². The molecule has 1 aliphatic heterocycles. The van der Waals surface area contributed by atoms with Crippen LogP contribution in [0.1, 0.15) is 18.4 Å². The number of nitrogens with zero attached hydrogens (tertiary/aromatic N) is 2. The van der Waals surface area contributed by atoms with Gasteiger partial charge in [0.2, 0.25) is 10.0 Å². The second-order valence-corrected chi connectivity index (χ2v) is 7.70. The molecule has 2 aromatic rings. The third kappa shape index (κ3) is 3.73. The highest BCUT2D eigenvalue weighted by atomic mass is 32.2. The van der Waals surface area contributed by atoms with Crippen molar-refractivity contribution in [2.75, 3.05) is 25.0 Å². The second-order valence-electron chi connectivity index (χ2n) is 5.76. The van der Waals surface area contributed by atoms with Crippen molar-refractivity contribution in [2.24, 2.45) is 0 Å². The van der Waals surface area contributed by atoms with Crippen molar-refractivity contribution in [3.05, 3.63) is 54.0 Å². The maximum absolute atomic E-state index is 13.5. The number of nitrogens with one attached hydrogen (secondary N) is 1. The maximum Gasteiger partial charge on any atom is 0.244 e. The zero-order chi connectivity index (χ0) is 17.0. The number of pyridine rings is 1. The number of rotatable bonds is 6. The minimum atomic E-state index is -3.43. The van der Waals surface area contributed by atoms with Gasteiger partial charge in [0.15, 0.2) is 0 Å². The Bertz CT molecular complexity index is 788. The Morgan fingerprint density at radius 1 is 1.12 bits per heavy atom. The molecule has 7 heteroatoms. The number of anilines is 1. The fraction of sp³-hybridized carbons (Fsp3) is 0.353. The van der Waals surface area contributed by atoms with Crippen LogP contribution in [-0.2, 0) is 16.4 Å². The van der Waals surface area contributed by atoms with E-state index in [0.717, 1.165) is 12.8 Å². The molecule has 1 aromatic carbocycles. The van der Waals surface area contributed by atoms with Crippen LogP contribution in [0.3, 0.4) is 0 Å². The van der Waals surface area contributed by atoms with E-state index in [9.17, 15) is 12.8 Å².